The molecule has 0 saturated carbocycles. The average molecular weight is 293 g/mol. The molecular formula is C12H11N3O4S. The van der Waals surface area contributed by atoms with Crippen LogP contribution in [0.4, 0.5) is 16.4 Å². The molecule has 1 heterocycles. The van der Waals surface area contributed by atoms with Gasteiger partial charge >= 0.3 is 5.00 Å². The molecule has 1 N–H and O–H groups in total. The highest BCUT2D eigenvalue weighted by molar-refractivity contribution is 7.15. The highest BCUT2D eigenvalue weighted by Gasteiger charge is 2.12. The molecule has 20 heavy (non-hydrogen) atoms. The molecule has 0 aliphatic heterocycles. The standard InChI is InChI=1S/C12H11N3O4S/c1-8-2-3-9(6-11(8)14(16)17)13-7-10-4-5-12(20-10)15(18)19/h2-6,13H,7H2,1H3. The fourth-order valence-corrected chi connectivity index (χ4v) is 2.42. The van der Waals surface area contributed by atoms with Crippen LogP contribution >= 0.6 is 11.3 Å². The molecule has 0 bridgehead atoms. The van der Waals surface area contributed by atoms with Crippen molar-refractivity contribution < 1.29 is 9.85 Å². The largest absolute Gasteiger partial charge is 0.380 e. The van der Waals surface area contributed by atoms with Gasteiger partial charge in [-0.2, -0.15) is 0 Å². The van der Waals surface area contributed by atoms with E-state index in [0.29, 0.717) is 17.8 Å². The van der Waals surface area contributed by atoms with Crippen molar-refractivity contribution in [1.82, 2.24) is 0 Å². The van der Waals surface area contributed by atoms with Gasteiger partial charge in [0.1, 0.15) is 0 Å². The van der Waals surface area contributed by atoms with Gasteiger partial charge in [-0.15, -0.1) is 0 Å². The second-order valence-corrected chi connectivity index (χ2v) is 5.26. The van der Waals surface area contributed by atoms with Gasteiger partial charge in [-0.25, -0.2) is 0 Å². The van der Waals surface area contributed by atoms with Crippen molar-refractivity contribution in [3.63, 3.8) is 0 Å². The molecule has 2 rings (SSSR count). The highest BCUT2D eigenvalue weighted by atomic mass is 32.1. The minimum atomic E-state index is -0.440. The van der Waals surface area contributed by atoms with E-state index in [-0.39, 0.29) is 10.7 Å². The lowest BCUT2D eigenvalue weighted by Crippen LogP contribution is -1.99. The zero-order valence-corrected chi connectivity index (χ0v) is 11.3. The monoisotopic (exact) mass is 293 g/mol. The number of anilines is 1. The van der Waals surface area contributed by atoms with Crippen LogP contribution in [0.2, 0.25) is 0 Å². The Hall–Kier alpha value is -2.48. The van der Waals surface area contributed by atoms with Gasteiger partial charge in [0, 0.05) is 34.8 Å². The molecule has 0 aliphatic rings. The summed E-state index contributed by atoms with van der Waals surface area (Å²) in [6.07, 6.45) is 0. The first-order valence-corrected chi connectivity index (χ1v) is 6.51. The summed E-state index contributed by atoms with van der Waals surface area (Å²) in [7, 11) is 0. The smallest absolute Gasteiger partial charge is 0.324 e. The van der Waals surface area contributed by atoms with E-state index < -0.39 is 9.85 Å². The zero-order chi connectivity index (χ0) is 14.7. The third-order valence-corrected chi connectivity index (χ3v) is 3.74. The Morgan fingerprint density at radius 1 is 1.15 bits per heavy atom. The molecule has 0 aliphatic carbocycles. The number of thiophene rings is 1. The van der Waals surface area contributed by atoms with Gasteiger partial charge in [-0.3, -0.25) is 20.2 Å². The summed E-state index contributed by atoms with van der Waals surface area (Å²) in [5.41, 5.74) is 1.25. The van der Waals surface area contributed by atoms with E-state index >= 15 is 0 Å². The van der Waals surface area contributed by atoms with Crippen molar-refractivity contribution >= 4 is 27.7 Å². The summed E-state index contributed by atoms with van der Waals surface area (Å²) in [5.74, 6) is 0. The molecule has 8 heteroatoms. The van der Waals surface area contributed by atoms with Crippen LogP contribution in [0, 0.1) is 27.2 Å². The average Bonchev–Trinajstić information content (AvgIpc) is 2.86. The van der Waals surface area contributed by atoms with Crippen LogP contribution in [0.25, 0.3) is 0 Å². The number of benzene rings is 1. The van der Waals surface area contributed by atoms with Crippen LogP contribution in [0.1, 0.15) is 10.4 Å². The van der Waals surface area contributed by atoms with Crippen LogP contribution in [-0.2, 0) is 6.54 Å². The molecule has 0 radical (unpaired) electrons. The summed E-state index contributed by atoms with van der Waals surface area (Å²) in [6, 6.07) is 7.97. The lowest BCUT2D eigenvalue weighted by Gasteiger charge is -2.05. The van der Waals surface area contributed by atoms with Gasteiger partial charge in [0.2, 0.25) is 0 Å². The quantitative estimate of drug-likeness (QED) is 0.672. The van der Waals surface area contributed by atoms with E-state index in [0.717, 1.165) is 16.2 Å². The van der Waals surface area contributed by atoms with Gasteiger partial charge in [-0.05, 0) is 19.1 Å². The summed E-state index contributed by atoms with van der Waals surface area (Å²) in [4.78, 5) is 21.3. The fraction of sp³-hybridized carbons (Fsp3) is 0.167. The Kier molecular flexibility index (Phi) is 3.94. The summed E-state index contributed by atoms with van der Waals surface area (Å²) in [5, 5.41) is 24.5. The number of nitrogens with one attached hydrogen (secondary N) is 1. The predicted octanol–water partition coefficient (Wildman–Crippen LogP) is 3.49. The molecule has 0 atom stereocenters. The Morgan fingerprint density at radius 2 is 1.90 bits per heavy atom. The van der Waals surface area contributed by atoms with Gasteiger partial charge in [0.25, 0.3) is 5.69 Å². The molecule has 0 spiro atoms. The van der Waals surface area contributed by atoms with Crippen LogP contribution in [-0.4, -0.2) is 9.85 Å². The third kappa shape index (κ3) is 3.09. The molecule has 0 amide bonds. The summed E-state index contributed by atoms with van der Waals surface area (Å²) < 4.78 is 0. The Morgan fingerprint density at radius 3 is 2.50 bits per heavy atom. The first-order valence-electron chi connectivity index (χ1n) is 5.69. The molecule has 0 fully saturated rings. The topological polar surface area (TPSA) is 98.3 Å². The maximum atomic E-state index is 10.8. The van der Waals surface area contributed by atoms with Crippen molar-refractivity contribution in [3.05, 3.63) is 61.0 Å². The highest BCUT2D eigenvalue weighted by Crippen LogP contribution is 2.26. The molecule has 1 aromatic heterocycles. The zero-order valence-electron chi connectivity index (χ0n) is 10.5. The Bertz CT molecular complexity index is 668. The van der Waals surface area contributed by atoms with Gasteiger partial charge < -0.3 is 5.32 Å². The molecule has 1 aromatic carbocycles. The van der Waals surface area contributed by atoms with E-state index in [9.17, 15) is 20.2 Å². The lowest BCUT2D eigenvalue weighted by atomic mass is 10.2. The van der Waals surface area contributed by atoms with E-state index in [1.807, 2.05) is 0 Å². The Balaban J connectivity index is 2.08. The number of hydrogen-bond donors (Lipinski definition) is 1. The van der Waals surface area contributed by atoms with Gasteiger partial charge in [-0.1, -0.05) is 17.4 Å². The van der Waals surface area contributed by atoms with Crippen LogP contribution in [0.3, 0.4) is 0 Å². The van der Waals surface area contributed by atoms with Crippen molar-refractivity contribution in [3.8, 4) is 0 Å². The van der Waals surface area contributed by atoms with Crippen LogP contribution < -0.4 is 5.32 Å². The second kappa shape index (κ2) is 5.66. The minimum Gasteiger partial charge on any atom is -0.380 e. The number of nitrogens with zero attached hydrogens (tertiary/aromatic N) is 2. The van der Waals surface area contributed by atoms with Crippen molar-refractivity contribution in [1.29, 1.82) is 0 Å². The van der Waals surface area contributed by atoms with Gasteiger partial charge in [0.05, 0.1) is 9.85 Å². The molecule has 0 unspecified atom stereocenters. The van der Waals surface area contributed by atoms with Crippen LogP contribution in [0.5, 0.6) is 0 Å². The van der Waals surface area contributed by atoms with E-state index in [1.54, 1.807) is 25.1 Å². The van der Waals surface area contributed by atoms with Crippen LogP contribution in [0.15, 0.2) is 30.3 Å². The van der Waals surface area contributed by atoms with Crippen molar-refractivity contribution in [2.45, 2.75) is 13.5 Å². The normalized spacial score (nSPS) is 10.2. The molecule has 7 nitrogen and oxygen atoms in total. The molecule has 0 saturated heterocycles. The Labute approximate surface area is 118 Å². The maximum absolute atomic E-state index is 10.8. The van der Waals surface area contributed by atoms with Gasteiger partial charge in [0.15, 0.2) is 0 Å². The predicted molar refractivity (Wildman–Crippen MR) is 76.1 cm³/mol. The van der Waals surface area contributed by atoms with Crippen molar-refractivity contribution in [2.24, 2.45) is 0 Å². The lowest BCUT2D eigenvalue weighted by molar-refractivity contribution is -0.385. The van der Waals surface area contributed by atoms with E-state index in [4.69, 9.17) is 0 Å². The second-order valence-electron chi connectivity index (χ2n) is 4.11. The van der Waals surface area contributed by atoms with E-state index in [2.05, 4.69) is 5.32 Å². The number of rotatable bonds is 5. The number of aryl methyl sites for hydroxylation is 1. The number of hydrogen-bond acceptors (Lipinski definition) is 6. The molecular weight excluding hydrogens is 282 g/mol. The maximum Gasteiger partial charge on any atom is 0.324 e. The summed E-state index contributed by atoms with van der Waals surface area (Å²) in [6.45, 7) is 2.06. The minimum absolute atomic E-state index is 0.0483. The first kappa shape index (κ1) is 13.9. The fourth-order valence-electron chi connectivity index (χ4n) is 1.66. The van der Waals surface area contributed by atoms with E-state index in [1.165, 1.54) is 12.1 Å². The summed E-state index contributed by atoms with van der Waals surface area (Å²) >= 11 is 1.08. The third-order valence-electron chi connectivity index (χ3n) is 2.70. The number of nitro groups is 2. The number of nitro benzene ring substituents is 1. The SMILES string of the molecule is Cc1ccc(NCc2ccc([N+](=O)[O-])s2)cc1[N+](=O)[O-]. The molecule has 2 aromatic rings. The first-order chi connectivity index (χ1) is 9.47. The molecule has 104 valence electrons. The van der Waals surface area contributed by atoms with Crippen molar-refractivity contribution in [2.75, 3.05) is 5.32 Å².